The number of benzene rings is 1. The quantitative estimate of drug-likeness (QED) is 0.498. The molecule has 0 radical (unpaired) electrons. The maximum Gasteiger partial charge on any atom is 0.272 e. The third-order valence-corrected chi connectivity index (χ3v) is 4.05. The van der Waals surface area contributed by atoms with Crippen molar-refractivity contribution >= 4 is 5.69 Å². The highest BCUT2D eigenvalue weighted by Crippen LogP contribution is 2.19. The van der Waals surface area contributed by atoms with Crippen LogP contribution in [-0.4, -0.2) is 36.5 Å². The predicted octanol–water partition coefficient (Wildman–Crippen LogP) is 2.56. The van der Waals surface area contributed by atoms with E-state index in [1.54, 1.807) is 0 Å². The van der Waals surface area contributed by atoms with Crippen LogP contribution in [0.15, 0.2) is 18.2 Å². The number of halogens is 1. The predicted molar refractivity (Wildman–Crippen MR) is 79.6 cm³/mol. The zero-order valence-corrected chi connectivity index (χ0v) is 12.3. The summed E-state index contributed by atoms with van der Waals surface area (Å²) in [5.41, 5.74) is 0.423. The third kappa shape index (κ3) is 5.06. The van der Waals surface area contributed by atoms with E-state index in [1.807, 2.05) is 0 Å². The fraction of sp³-hybridized carbons (Fsp3) is 0.600. The fourth-order valence-corrected chi connectivity index (χ4v) is 2.73. The van der Waals surface area contributed by atoms with Crippen molar-refractivity contribution in [1.29, 1.82) is 0 Å². The Labute approximate surface area is 124 Å². The van der Waals surface area contributed by atoms with Gasteiger partial charge in [-0.05, 0) is 63.5 Å². The Morgan fingerprint density at radius 1 is 1.38 bits per heavy atom. The van der Waals surface area contributed by atoms with Gasteiger partial charge in [-0.25, -0.2) is 4.39 Å². The van der Waals surface area contributed by atoms with Crippen LogP contribution in [0.4, 0.5) is 10.1 Å². The number of hydrogen-bond acceptors (Lipinski definition) is 4. The molecule has 0 aromatic heterocycles. The van der Waals surface area contributed by atoms with E-state index in [0.29, 0.717) is 12.1 Å². The molecule has 1 aliphatic heterocycles. The standard InChI is InChI=1S/C15H22FN3O2/c1-18-6-3-12(4-7-18)2-5-17-11-13-8-14(16)10-15(9-13)19(20)21/h8-10,12,17H,2-7,11H2,1H3. The fourth-order valence-electron chi connectivity index (χ4n) is 2.73. The number of nitrogens with one attached hydrogen (secondary N) is 1. The molecular formula is C15H22FN3O2. The number of rotatable bonds is 6. The highest BCUT2D eigenvalue weighted by molar-refractivity contribution is 5.35. The van der Waals surface area contributed by atoms with Crippen LogP contribution in [-0.2, 0) is 6.54 Å². The molecule has 0 saturated carbocycles. The Balaban J connectivity index is 1.74. The van der Waals surface area contributed by atoms with Gasteiger partial charge in [-0.15, -0.1) is 0 Å². The third-order valence-electron chi connectivity index (χ3n) is 4.05. The topological polar surface area (TPSA) is 58.4 Å². The molecule has 0 amide bonds. The molecule has 1 aromatic rings. The highest BCUT2D eigenvalue weighted by Gasteiger charge is 2.16. The van der Waals surface area contributed by atoms with E-state index in [4.69, 9.17) is 0 Å². The van der Waals surface area contributed by atoms with Crippen LogP contribution < -0.4 is 5.32 Å². The Hall–Kier alpha value is -1.53. The molecule has 5 nitrogen and oxygen atoms in total. The Kier molecular flexibility index (Phi) is 5.64. The lowest BCUT2D eigenvalue weighted by Gasteiger charge is -2.28. The molecule has 6 heteroatoms. The van der Waals surface area contributed by atoms with Crippen LogP contribution in [0, 0.1) is 21.8 Å². The van der Waals surface area contributed by atoms with Crippen molar-refractivity contribution in [2.24, 2.45) is 5.92 Å². The molecule has 116 valence electrons. The molecular weight excluding hydrogens is 273 g/mol. The molecule has 0 spiro atoms. The van der Waals surface area contributed by atoms with Gasteiger partial charge in [0.05, 0.1) is 11.0 Å². The van der Waals surface area contributed by atoms with E-state index in [0.717, 1.165) is 38.0 Å². The van der Waals surface area contributed by atoms with E-state index in [-0.39, 0.29) is 5.69 Å². The number of nitro benzene ring substituents is 1. The van der Waals surface area contributed by atoms with E-state index in [9.17, 15) is 14.5 Å². The van der Waals surface area contributed by atoms with Crippen molar-refractivity contribution in [1.82, 2.24) is 10.2 Å². The minimum Gasteiger partial charge on any atom is -0.313 e. The molecule has 0 bridgehead atoms. The number of nitrogens with zero attached hydrogens (tertiary/aromatic N) is 2. The average Bonchev–Trinajstić information content (AvgIpc) is 2.45. The van der Waals surface area contributed by atoms with Crippen LogP contribution in [0.5, 0.6) is 0 Å². The second-order valence-electron chi connectivity index (χ2n) is 5.79. The van der Waals surface area contributed by atoms with Gasteiger partial charge in [0, 0.05) is 12.6 Å². The summed E-state index contributed by atoms with van der Waals surface area (Å²) in [6, 6.07) is 3.71. The first-order chi connectivity index (χ1) is 10.0. The van der Waals surface area contributed by atoms with Gasteiger partial charge in [0.2, 0.25) is 0 Å². The second kappa shape index (κ2) is 7.47. The lowest BCUT2D eigenvalue weighted by atomic mass is 9.94. The lowest BCUT2D eigenvalue weighted by Crippen LogP contribution is -2.31. The summed E-state index contributed by atoms with van der Waals surface area (Å²) in [4.78, 5) is 12.5. The number of likely N-dealkylation sites (tertiary alicyclic amines) is 1. The summed E-state index contributed by atoms with van der Waals surface area (Å²) in [6.45, 7) is 3.63. The van der Waals surface area contributed by atoms with Gasteiger partial charge >= 0.3 is 0 Å². The van der Waals surface area contributed by atoms with Crippen molar-refractivity contribution < 1.29 is 9.31 Å². The van der Waals surface area contributed by atoms with Crippen molar-refractivity contribution in [2.75, 3.05) is 26.7 Å². The van der Waals surface area contributed by atoms with Crippen molar-refractivity contribution in [3.05, 3.63) is 39.7 Å². The van der Waals surface area contributed by atoms with E-state index in [2.05, 4.69) is 17.3 Å². The molecule has 1 fully saturated rings. The minimum atomic E-state index is -0.564. The summed E-state index contributed by atoms with van der Waals surface area (Å²) in [6.07, 6.45) is 3.55. The SMILES string of the molecule is CN1CCC(CCNCc2cc(F)cc([N+](=O)[O-])c2)CC1. The zero-order valence-electron chi connectivity index (χ0n) is 12.3. The van der Waals surface area contributed by atoms with Crippen LogP contribution in [0.25, 0.3) is 0 Å². The van der Waals surface area contributed by atoms with Crippen LogP contribution >= 0.6 is 0 Å². The van der Waals surface area contributed by atoms with Gasteiger partial charge in [0.25, 0.3) is 5.69 Å². The Bertz CT molecular complexity index is 488. The summed E-state index contributed by atoms with van der Waals surface area (Å²) in [5.74, 6) is 0.187. The normalized spacial score (nSPS) is 17.0. The van der Waals surface area contributed by atoms with E-state index >= 15 is 0 Å². The lowest BCUT2D eigenvalue weighted by molar-refractivity contribution is -0.385. The van der Waals surface area contributed by atoms with Gasteiger partial charge in [0.1, 0.15) is 5.82 Å². The Morgan fingerprint density at radius 3 is 2.76 bits per heavy atom. The molecule has 1 aromatic carbocycles. The van der Waals surface area contributed by atoms with Crippen molar-refractivity contribution in [2.45, 2.75) is 25.8 Å². The summed E-state index contributed by atoms with van der Waals surface area (Å²) < 4.78 is 13.3. The number of hydrogen-bond donors (Lipinski definition) is 1. The van der Waals surface area contributed by atoms with Crippen LogP contribution in [0.2, 0.25) is 0 Å². The number of non-ortho nitro benzene ring substituents is 1. The zero-order chi connectivity index (χ0) is 15.2. The monoisotopic (exact) mass is 295 g/mol. The first kappa shape index (κ1) is 15.9. The van der Waals surface area contributed by atoms with E-state index in [1.165, 1.54) is 25.0 Å². The summed E-state index contributed by atoms with van der Waals surface area (Å²) in [7, 11) is 2.14. The number of nitro groups is 1. The van der Waals surface area contributed by atoms with Gasteiger partial charge in [-0.1, -0.05) is 0 Å². The smallest absolute Gasteiger partial charge is 0.272 e. The molecule has 0 unspecified atom stereocenters. The summed E-state index contributed by atoms with van der Waals surface area (Å²) >= 11 is 0. The average molecular weight is 295 g/mol. The van der Waals surface area contributed by atoms with Crippen molar-refractivity contribution in [3.8, 4) is 0 Å². The molecule has 1 saturated heterocycles. The molecule has 1 heterocycles. The molecule has 2 rings (SSSR count). The molecule has 0 aliphatic carbocycles. The highest BCUT2D eigenvalue weighted by atomic mass is 19.1. The number of piperidine rings is 1. The molecule has 21 heavy (non-hydrogen) atoms. The van der Waals surface area contributed by atoms with E-state index < -0.39 is 10.7 Å². The maximum atomic E-state index is 13.3. The first-order valence-electron chi connectivity index (χ1n) is 7.37. The van der Waals surface area contributed by atoms with Crippen molar-refractivity contribution in [3.63, 3.8) is 0 Å². The Morgan fingerprint density at radius 2 is 2.10 bits per heavy atom. The van der Waals surface area contributed by atoms with Gasteiger partial charge < -0.3 is 10.2 Å². The van der Waals surface area contributed by atoms with Gasteiger partial charge in [-0.3, -0.25) is 10.1 Å². The van der Waals surface area contributed by atoms with Crippen LogP contribution in [0.1, 0.15) is 24.8 Å². The summed E-state index contributed by atoms with van der Waals surface area (Å²) in [5, 5.41) is 13.9. The maximum absolute atomic E-state index is 13.3. The first-order valence-corrected chi connectivity index (χ1v) is 7.37. The van der Waals surface area contributed by atoms with Gasteiger partial charge in [0.15, 0.2) is 0 Å². The molecule has 1 N–H and O–H groups in total. The largest absolute Gasteiger partial charge is 0.313 e. The minimum absolute atomic E-state index is 0.192. The molecule has 0 atom stereocenters. The second-order valence-corrected chi connectivity index (χ2v) is 5.79. The van der Waals surface area contributed by atoms with Crippen LogP contribution in [0.3, 0.4) is 0 Å². The molecule has 1 aliphatic rings. The van der Waals surface area contributed by atoms with Gasteiger partial charge in [-0.2, -0.15) is 0 Å².